The third kappa shape index (κ3) is 6.82. The number of sulfonamides is 2. The van der Waals surface area contributed by atoms with Crippen LogP contribution in [0.1, 0.15) is 18.4 Å². The van der Waals surface area contributed by atoms with Crippen molar-refractivity contribution in [2.75, 3.05) is 23.1 Å². The van der Waals surface area contributed by atoms with Crippen molar-refractivity contribution in [2.45, 2.75) is 23.5 Å². The first-order valence-electron chi connectivity index (χ1n) is 11.4. The number of halogens is 2. The number of carbonyl (C=O) groups excluding carboxylic acids is 1. The number of nitrogens with one attached hydrogen (secondary N) is 2. The molecule has 3 aromatic rings. The van der Waals surface area contributed by atoms with Crippen LogP contribution in [0.5, 0.6) is 0 Å². The Bertz CT molecular complexity index is 1470. The van der Waals surface area contributed by atoms with Crippen LogP contribution < -0.4 is 10.0 Å². The van der Waals surface area contributed by atoms with Gasteiger partial charge in [-0.05, 0) is 54.8 Å². The largest absolute Gasteiger partial charge is 0.326 e. The fourth-order valence-corrected chi connectivity index (χ4v) is 7.06. The van der Waals surface area contributed by atoms with Gasteiger partial charge in [0, 0.05) is 24.7 Å². The molecule has 8 nitrogen and oxygen atoms in total. The quantitative estimate of drug-likeness (QED) is 0.389. The zero-order chi connectivity index (χ0) is 26.6. The first-order valence-corrected chi connectivity index (χ1v) is 15.3. The number of rotatable bonds is 8. The maximum atomic E-state index is 12.8. The van der Waals surface area contributed by atoms with Crippen LogP contribution in [0, 0.1) is 5.92 Å². The lowest BCUT2D eigenvalue weighted by atomic mass is 9.97. The van der Waals surface area contributed by atoms with Crippen LogP contribution in [0.25, 0.3) is 0 Å². The summed E-state index contributed by atoms with van der Waals surface area (Å²) < 4.78 is 54.8. The summed E-state index contributed by atoms with van der Waals surface area (Å²) in [6, 6.07) is 19.3. The van der Waals surface area contributed by atoms with Gasteiger partial charge >= 0.3 is 0 Å². The summed E-state index contributed by atoms with van der Waals surface area (Å²) in [6.07, 6.45) is 0.799. The van der Waals surface area contributed by atoms with Crippen LogP contribution in [0.4, 0.5) is 11.4 Å². The summed E-state index contributed by atoms with van der Waals surface area (Å²) >= 11 is 12.0. The van der Waals surface area contributed by atoms with E-state index in [1.807, 2.05) is 6.07 Å². The highest BCUT2D eigenvalue weighted by Crippen LogP contribution is 2.31. The van der Waals surface area contributed by atoms with E-state index < -0.39 is 20.0 Å². The van der Waals surface area contributed by atoms with Crippen molar-refractivity contribution in [3.8, 4) is 0 Å². The minimum atomic E-state index is -3.93. The maximum absolute atomic E-state index is 12.8. The molecule has 0 unspecified atom stereocenters. The standard InChI is InChI=1S/C25H25Cl2N3O5S2/c26-22-7-4-8-23(24(22)27)29-37(34,35)21-11-9-20(10-12-21)28-25(31)19-13-15-30(16-14-19)36(32,33)17-18-5-2-1-3-6-18/h1-12,19,29H,13-17H2,(H,28,31). The number of anilines is 2. The third-order valence-electron chi connectivity index (χ3n) is 6.04. The van der Waals surface area contributed by atoms with Gasteiger partial charge in [-0.25, -0.2) is 21.1 Å². The Hall–Kier alpha value is -2.63. The van der Waals surface area contributed by atoms with Crippen LogP contribution in [-0.4, -0.2) is 40.1 Å². The summed E-state index contributed by atoms with van der Waals surface area (Å²) in [5, 5.41) is 3.10. The molecule has 0 saturated carbocycles. The summed E-state index contributed by atoms with van der Waals surface area (Å²) in [4.78, 5) is 12.8. The topological polar surface area (TPSA) is 113 Å². The van der Waals surface area contributed by atoms with E-state index >= 15 is 0 Å². The van der Waals surface area contributed by atoms with Gasteiger partial charge in [0.1, 0.15) is 0 Å². The van der Waals surface area contributed by atoms with Gasteiger partial charge in [-0.2, -0.15) is 0 Å². The number of piperidine rings is 1. The number of benzene rings is 3. The van der Waals surface area contributed by atoms with Crippen LogP contribution in [0.2, 0.25) is 10.0 Å². The molecule has 0 atom stereocenters. The van der Waals surface area contributed by atoms with Gasteiger partial charge in [-0.15, -0.1) is 0 Å². The Morgan fingerprint density at radius 1 is 0.865 bits per heavy atom. The molecule has 1 amide bonds. The number of amides is 1. The van der Waals surface area contributed by atoms with Gasteiger partial charge in [-0.1, -0.05) is 59.6 Å². The first kappa shape index (κ1) is 27.4. The van der Waals surface area contributed by atoms with Crippen molar-refractivity contribution in [2.24, 2.45) is 5.92 Å². The number of hydrogen-bond acceptors (Lipinski definition) is 5. The smallest absolute Gasteiger partial charge is 0.261 e. The molecule has 0 aliphatic carbocycles. The van der Waals surface area contributed by atoms with Crippen molar-refractivity contribution in [1.82, 2.24) is 4.31 Å². The lowest BCUT2D eigenvalue weighted by Gasteiger charge is -2.30. The molecule has 0 radical (unpaired) electrons. The maximum Gasteiger partial charge on any atom is 0.261 e. The fraction of sp³-hybridized carbons (Fsp3) is 0.240. The Kier molecular flexibility index (Phi) is 8.45. The molecule has 2 N–H and O–H groups in total. The van der Waals surface area contributed by atoms with Gasteiger partial charge in [0.15, 0.2) is 0 Å². The first-order chi connectivity index (χ1) is 17.5. The zero-order valence-corrected chi connectivity index (χ0v) is 22.7. The molecule has 1 saturated heterocycles. The molecular formula is C25H25Cl2N3O5S2. The highest BCUT2D eigenvalue weighted by Gasteiger charge is 2.31. The van der Waals surface area contributed by atoms with E-state index in [9.17, 15) is 21.6 Å². The molecule has 1 aliphatic heterocycles. The molecule has 196 valence electrons. The lowest BCUT2D eigenvalue weighted by molar-refractivity contribution is -0.120. The molecule has 1 fully saturated rings. The van der Waals surface area contributed by atoms with E-state index in [-0.39, 0.29) is 51.3 Å². The van der Waals surface area contributed by atoms with Crippen LogP contribution in [0.15, 0.2) is 77.7 Å². The minimum absolute atomic E-state index is 0.0153. The van der Waals surface area contributed by atoms with Crippen LogP contribution in [-0.2, 0) is 30.6 Å². The number of carbonyl (C=O) groups is 1. The predicted octanol–water partition coefficient (Wildman–Crippen LogP) is 4.97. The second-order valence-electron chi connectivity index (χ2n) is 8.64. The molecule has 0 bridgehead atoms. The highest BCUT2D eigenvalue weighted by molar-refractivity contribution is 7.92. The summed E-state index contributed by atoms with van der Waals surface area (Å²) in [7, 11) is -7.40. The zero-order valence-electron chi connectivity index (χ0n) is 19.6. The SMILES string of the molecule is O=C(Nc1ccc(S(=O)(=O)Nc2cccc(Cl)c2Cl)cc1)C1CCN(S(=O)(=O)Cc2ccccc2)CC1. The van der Waals surface area contributed by atoms with E-state index in [2.05, 4.69) is 10.0 Å². The fourth-order valence-electron chi connectivity index (χ4n) is 4.02. The van der Waals surface area contributed by atoms with Crippen molar-refractivity contribution >= 4 is 60.5 Å². The van der Waals surface area contributed by atoms with Gasteiger partial charge < -0.3 is 5.32 Å². The second-order valence-corrected chi connectivity index (χ2v) is 13.1. The van der Waals surface area contributed by atoms with Crippen molar-refractivity contribution in [3.63, 3.8) is 0 Å². The van der Waals surface area contributed by atoms with Crippen LogP contribution in [0.3, 0.4) is 0 Å². The van der Waals surface area contributed by atoms with Gasteiger partial charge in [0.05, 0.1) is 26.4 Å². The molecular weight excluding hydrogens is 557 g/mol. The van der Waals surface area contributed by atoms with Crippen molar-refractivity contribution in [3.05, 3.63) is 88.4 Å². The summed E-state index contributed by atoms with van der Waals surface area (Å²) in [5.74, 6) is -0.656. The average Bonchev–Trinajstić information content (AvgIpc) is 2.87. The molecule has 3 aromatic carbocycles. The molecule has 0 aromatic heterocycles. The molecule has 1 aliphatic rings. The number of nitrogens with zero attached hydrogens (tertiary/aromatic N) is 1. The highest BCUT2D eigenvalue weighted by atomic mass is 35.5. The molecule has 4 rings (SSSR count). The van der Waals surface area contributed by atoms with Gasteiger partial charge in [0.2, 0.25) is 15.9 Å². The third-order valence-corrected chi connectivity index (χ3v) is 10.1. The van der Waals surface area contributed by atoms with Crippen molar-refractivity contribution in [1.29, 1.82) is 0 Å². The van der Waals surface area contributed by atoms with E-state index in [0.717, 1.165) is 5.56 Å². The lowest BCUT2D eigenvalue weighted by Crippen LogP contribution is -2.41. The molecule has 0 spiro atoms. The molecule has 37 heavy (non-hydrogen) atoms. The van der Waals surface area contributed by atoms with Gasteiger partial charge in [-0.3, -0.25) is 9.52 Å². The normalized spacial score (nSPS) is 15.3. The molecule has 1 heterocycles. The van der Waals surface area contributed by atoms with E-state index in [1.54, 1.807) is 36.4 Å². The Balaban J connectivity index is 1.33. The van der Waals surface area contributed by atoms with Crippen molar-refractivity contribution < 1.29 is 21.6 Å². The summed E-state index contributed by atoms with van der Waals surface area (Å²) in [6.45, 7) is 0.532. The predicted molar refractivity (Wildman–Crippen MR) is 146 cm³/mol. The van der Waals surface area contributed by atoms with E-state index in [1.165, 1.54) is 34.6 Å². The Morgan fingerprint density at radius 3 is 2.16 bits per heavy atom. The Labute approximate surface area is 226 Å². The minimum Gasteiger partial charge on any atom is -0.326 e. The van der Waals surface area contributed by atoms with E-state index in [4.69, 9.17) is 23.2 Å². The van der Waals surface area contributed by atoms with Crippen LogP contribution >= 0.6 is 23.2 Å². The number of hydrogen-bond donors (Lipinski definition) is 2. The van der Waals surface area contributed by atoms with Gasteiger partial charge in [0.25, 0.3) is 10.0 Å². The monoisotopic (exact) mass is 581 g/mol. The van der Waals surface area contributed by atoms with E-state index in [0.29, 0.717) is 18.5 Å². The summed E-state index contributed by atoms with van der Waals surface area (Å²) in [5.41, 5.74) is 1.31. The second kappa shape index (κ2) is 11.4. The molecule has 12 heteroatoms. The Morgan fingerprint density at radius 2 is 1.51 bits per heavy atom. The average molecular weight is 583 g/mol.